The molecule has 1 saturated heterocycles. The molecule has 0 radical (unpaired) electrons. The van der Waals surface area contributed by atoms with Gasteiger partial charge in [0.1, 0.15) is 0 Å². The minimum atomic E-state index is -4.56. The van der Waals surface area contributed by atoms with E-state index in [0.717, 1.165) is 6.07 Å². The molecular formula is C12H10F3N3O. The van der Waals surface area contributed by atoms with E-state index >= 15 is 0 Å². The molecule has 1 aliphatic heterocycles. The van der Waals surface area contributed by atoms with E-state index in [9.17, 15) is 18.0 Å². The quantitative estimate of drug-likeness (QED) is 0.840. The first-order chi connectivity index (χ1) is 8.91. The topological polar surface area (TPSA) is 56.1 Å². The van der Waals surface area contributed by atoms with E-state index in [-0.39, 0.29) is 23.7 Å². The Morgan fingerprint density at radius 1 is 1.37 bits per heavy atom. The fourth-order valence-corrected chi connectivity index (χ4v) is 1.95. The van der Waals surface area contributed by atoms with Gasteiger partial charge < -0.3 is 10.2 Å². The van der Waals surface area contributed by atoms with Crippen LogP contribution < -0.4 is 10.2 Å². The third-order valence-electron chi connectivity index (χ3n) is 2.81. The summed E-state index contributed by atoms with van der Waals surface area (Å²) in [7, 11) is 0. The Bertz CT molecular complexity index is 548. The Labute approximate surface area is 107 Å². The molecule has 0 aromatic heterocycles. The average Bonchev–Trinajstić information content (AvgIpc) is 2.37. The van der Waals surface area contributed by atoms with Gasteiger partial charge in [0.25, 0.3) is 0 Å². The molecule has 0 aliphatic carbocycles. The van der Waals surface area contributed by atoms with Gasteiger partial charge in [0.05, 0.1) is 23.7 Å². The van der Waals surface area contributed by atoms with E-state index in [4.69, 9.17) is 5.26 Å². The van der Waals surface area contributed by atoms with Crippen LogP contribution in [0.4, 0.5) is 18.9 Å². The van der Waals surface area contributed by atoms with Crippen LogP contribution in [-0.4, -0.2) is 25.5 Å². The van der Waals surface area contributed by atoms with Crippen molar-refractivity contribution in [3.05, 3.63) is 29.3 Å². The summed E-state index contributed by atoms with van der Waals surface area (Å²) in [6.07, 6.45) is -4.56. The fraction of sp³-hybridized carbons (Fsp3) is 0.333. The molecule has 4 nitrogen and oxygen atoms in total. The number of amides is 1. The van der Waals surface area contributed by atoms with Crippen LogP contribution in [0.15, 0.2) is 18.2 Å². The third kappa shape index (κ3) is 2.78. The molecule has 1 aliphatic rings. The lowest BCUT2D eigenvalue weighted by atomic mass is 10.1. The lowest BCUT2D eigenvalue weighted by Crippen LogP contribution is -2.48. The van der Waals surface area contributed by atoms with Gasteiger partial charge in [-0.15, -0.1) is 0 Å². The molecule has 7 heteroatoms. The second-order valence-corrected chi connectivity index (χ2v) is 4.11. The van der Waals surface area contributed by atoms with Crippen LogP contribution in [0.25, 0.3) is 0 Å². The predicted molar refractivity (Wildman–Crippen MR) is 61.4 cm³/mol. The fourth-order valence-electron chi connectivity index (χ4n) is 1.95. The highest BCUT2D eigenvalue weighted by Gasteiger charge is 2.36. The summed E-state index contributed by atoms with van der Waals surface area (Å²) >= 11 is 0. The van der Waals surface area contributed by atoms with Crippen molar-refractivity contribution < 1.29 is 18.0 Å². The van der Waals surface area contributed by atoms with Gasteiger partial charge in [-0.1, -0.05) is 0 Å². The van der Waals surface area contributed by atoms with Crippen LogP contribution in [0.1, 0.15) is 11.1 Å². The van der Waals surface area contributed by atoms with E-state index < -0.39 is 11.7 Å². The summed E-state index contributed by atoms with van der Waals surface area (Å²) in [6.45, 7) is 0.492. The Morgan fingerprint density at radius 2 is 2.11 bits per heavy atom. The SMILES string of the molecule is N#Cc1ccc(N2CCNC(=O)C2)c(C(F)(F)F)c1. The zero-order valence-corrected chi connectivity index (χ0v) is 9.79. The number of anilines is 1. The predicted octanol–water partition coefficient (Wildman–Crippen LogP) is 1.51. The molecule has 0 atom stereocenters. The largest absolute Gasteiger partial charge is 0.418 e. The zero-order chi connectivity index (χ0) is 14.0. The third-order valence-corrected chi connectivity index (χ3v) is 2.81. The van der Waals surface area contributed by atoms with Crippen molar-refractivity contribution >= 4 is 11.6 Å². The maximum Gasteiger partial charge on any atom is 0.418 e. The molecule has 1 aromatic rings. The van der Waals surface area contributed by atoms with Crippen LogP contribution >= 0.6 is 0 Å². The average molecular weight is 269 g/mol. The first-order valence-electron chi connectivity index (χ1n) is 5.55. The van der Waals surface area contributed by atoms with E-state index in [2.05, 4.69) is 5.32 Å². The van der Waals surface area contributed by atoms with Gasteiger partial charge in [-0.3, -0.25) is 4.79 Å². The molecule has 0 unspecified atom stereocenters. The number of hydrogen-bond donors (Lipinski definition) is 1. The highest BCUT2D eigenvalue weighted by Crippen LogP contribution is 2.37. The van der Waals surface area contributed by atoms with Gasteiger partial charge in [0.2, 0.25) is 5.91 Å². The standard InChI is InChI=1S/C12H10F3N3O/c13-12(14,15)9-5-8(6-16)1-2-10(9)18-4-3-17-11(19)7-18/h1-2,5H,3-4,7H2,(H,17,19). The lowest BCUT2D eigenvalue weighted by Gasteiger charge is -2.30. The summed E-state index contributed by atoms with van der Waals surface area (Å²) < 4.78 is 38.9. The van der Waals surface area contributed by atoms with Gasteiger partial charge in [-0.2, -0.15) is 18.4 Å². The number of carbonyl (C=O) groups is 1. The molecule has 1 fully saturated rings. The molecule has 0 spiro atoms. The van der Waals surface area contributed by atoms with E-state index in [1.165, 1.54) is 17.0 Å². The number of hydrogen-bond acceptors (Lipinski definition) is 3. The molecule has 0 saturated carbocycles. The molecule has 19 heavy (non-hydrogen) atoms. The van der Waals surface area contributed by atoms with Crippen LogP contribution in [0, 0.1) is 11.3 Å². The van der Waals surface area contributed by atoms with Gasteiger partial charge in [0, 0.05) is 18.8 Å². The number of halogens is 3. The van der Waals surface area contributed by atoms with Crippen LogP contribution in [-0.2, 0) is 11.0 Å². The highest BCUT2D eigenvalue weighted by molar-refractivity contribution is 5.83. The zero-order valence-electron chi connectivity index (χ0n) is 9.79. The van der Waals surface area contributed by atoms with Crippen molar-refractivity contribution in [2.45, 2.75) is 6.18 Å². The van der Waals surface area contributed by atoms with Gasteiger partial charge in [-0.05, 0) is 18.2 Å². The monoisotopic (exact) mass is 269 g/mol. The second kappa shape index (κ2) is 4.80. The van der Waals surface area contributed by atoms with Crippen molar-refractivity contribution in [1.29, 1.82) is 5.26 Å². The molecule has 1 N–H and O–H groups in total. The molecule has 1 heterocycles. The van der Waals surface area contributed by atoms with Crippen molar-refractivity contribution in [3.8, 4) is 6.07 Å². The summed E-state index contributed by atoms with van der Waals surface area (Å²) in [5.41, 5.74) is -1.01. The Hall–Kier alpha value is -2.23. The summed E-state index contributed by atoms with van der Waals surface area (Å²) in [6, 6.07) is 5.04. The lowest BCUT2D eigenvalue weighted by molar-refractivity contribution is -0.137. The number of rotatable bonds is 1. The number of nitrogens with zero attached hydrogens (tertiary/aromatic N) is 2. The Morgan fingerprint density at radius 3 is 2.68 bits per heavy atom. The second-order valence-electron chi connectivity index (χ2n) is 4.11. The first kappa shape index (κ1) is 13.2. The van der Waals surface area contributed by atoms with E-state index in [1.807, 2.05) is 0 Å². The molecule has 2 rings (SSSR count). The van der Waals surface area contributed by atoms with Crippen molar-refractivity contribution in [2.24, 2.45) is 0 Å². The minimum Gasteiger partial charge on any atom is -0.360 e. The normalized spacial score (nSPS) is 15.9. The number of nitrogens with one attached hydrogen (secondary N) is 1. The smallest absolute Gasteiger partial charge is 0.360 e. The highest BCUT2D eigenvalue weighted by atomic mass is 19.4. The van der Waals surface area contributed by atoms with Crippen LogP contribution in [0.5, 0.6) is 0 Å². The molecule has 0 bridgehead atoms. The summed E-state index contributed by atoms with van der Waals surface area (Å²) in [5.74, 6) is -0.316. The molecular weight excluding hydrogens is 259 g/mol. The molecule has 1 amide bonds. The van der Waals surface area contributed by atoms with Crippen molar-refractivity contribution in [1.82, 2.24) is 5.32 Å². The van der Waals surface area contributed by atoms with E-state index in [0.29, 0.717) is 13.1 Å². The summed E-state index contributed by atoms with van der Waals surface area (Å²) in [5, 5.41) is 11.2. The van der Waals surface area contributed by atoms with Gasteiger partial charge >= 0.3 is 6.18 Å². The first-order valence-corrected chi connectivity index (χ1v) is 5.55. The number of piperazine rings is 1. The van der Waals surface area contributed by atoms with Crippen LogP contribution in [0.2, 0.25) is 0 Å². The summed E-state index contributed by atoms with van der Waals surface area (Å²) in [4.78, 5) is 12.6. The maximum absolute atomic E-state index is 13.0. The Balaban J connectivity index is 2.45. The molecule has 1 aromatic carbocycles. The van der Waals surface area contributed by atoms with Gasteiger partial charge in [0.15, 0.2) is 0 Å². The minimum absolute atomic E-state index is 0.0578. The van der Waals surface area contributed by atoms with Gasteiger partial charge in [-0.25, -0.2) is 0 Å². The number of alkyl halides is 3. The number of carbonyl (C=O) groups excluding carboxylic acids is 1. The number of nitriles is 1. The number of benzene rings is 1. The Kier molecular flexibility index (Phi) is 3.34. The van der Waals surface area contributed by atoms with Crippen LogP contribution in [0.3, 0.4) is 0 Å². The van der Waals surface area contributed by atoms with Crippen molar-refractivity contribution in [3.63, 3.8) is 0 Å². The molecule has 100 valence electrons. The van der Waals surface area contributed by atoms with Crippen molar-refractivity contribution in [2.75, 3.05) is 24.5 Å². The van der Waals surface area contributed by atoms with E-state index in [1.54, 1.807) is 6.07 Å². The maximum atomic E-state index is 13.0.